The Labute approximate surface area is 132 Å². The molecule has 0 aliphatic carbocycles. The summed E-state index contributed by atoms with van der Waals surface area (Å²) in [5.74, 6) is 0.0811. The van der Waals surface area contributed by atoms with Crippen LogP contribution in [-0.4, -0.2) is 17.9 Å². The number of nitrogens with one attached hydrogen (secondary N) is 2. The van der Waals surface area contributed by atoms with Gasteiger partial charge in [0.2, 0.25) is 0 Å². The van der Waals surface area contributed by atoms with Gasteiger partial charge in [0.15, 0.2) is 6.10 Å². The lowest BCUT2D eigenvalue weighted by Crippen LogP contribution is -2.34. The number of fused-ring (bicyclic) bond motifs is 1. The first-order valence-corrected chi connectivity index (χ1v) is 7.09. The minimum atomic E-state index is -0.528. The molecule has 1 heterocycles. The lowest BCUT2D eigenvalue weighted by Gasteiger charge is -2.23. The smallest absolute Gasteiger partial charge is 0.265 e. The summed E-state index contributed by atoms with van der Waals surface area (Å²) in [4.78, 5) is 23.8. The van der Waals surface area contributed by atoms with Crippen LogP contribution in [0.4, 0.5) is 11.4 Å². The molecule has 0 unspecified atom stereocenters. The Balaban J connectivity index is 1.80. The summed E-state index contributed by atoms with van der Waals surface area (Å²) in [7, 11) is 0. The van der Waals surface area contributed by atoms with Crippen molar-refractivity contribution in [3.8, 4) is 5.75 Å². The first-order valence-electron chi connectivity index (χ1n) is 6.71. The molecule has 0 aromatic heterocycles. The normalized spacial score (nSPS) is 16.3. The number of anilines is 2. The third kappa shape index (κ3) is 2.89. The Kier molecular flexibility index (Phi) is 3.73. The molecule has 22 heavy (non-hydrogen) atoms. The van der Waals surface area contributed by atoms with Gasteiger partial charge in [0.25, 0.3) is 11.8 Å². The summed E-state index contributed by atoms with van der Waals surface area (Å²) in [6.07, 6.45) is -0.528. The molecule has 2 N–H and O–H groups in total. The minimum Gasteiger partial charge on any atom is -0.479 e. The maximum Gasteiger partial charge on any atom is 0.265 e. The third-order valence-electron chi connectivity index (χ3n) is 3.26. The first-order chi connectivity index (χ1) is 10.5. The Morgan fingerprint density at radius 3 is 2.86 bits per heavy atom. The molecule has 0 fully saturated rings. The van der Waals surface area contributed by atoms with E-state index in [2.05, 4.69) is 10.6 Å². The minimum absolute atomic E-state index is 0.217. The Bertz CT molecular complexity index is 761. The van der Waals surface area contributed by atoms with Crippen LogP contribution in [0.5, 0.6) is 5.75 Å². The largest absolute Gasteiger partial charge is 0.479 e. The van der Waals surface area contributed by atoms with Gasteiger partial charge in [0.1, 0.15) is 5.75 Å². The van der Waals surface area contributed by atoms with Crippen molar-refractivity contribution in [2.24, 2.45) is 0 Å². The van der Waals surface area contributed by atoms with Gasteiger partial charge < -0.3 is 15.4 Å². The number of halogens is 1. The predicted octanol–water partition coefficient (Wildman–Crippen LogP) is 3.31. The van der Waals surface area contributed by atoms with E-state index in [1.807, 2.05) is 0 Å². The van der Waals surface area contributed by atoms with Crippen LogP contribution in [-0.2, 0) is 4.79 Å². The molecule has 1 atom stereocenters. The zero-order valence-corrected chi connectivity index (χ0v) is 12.5. The third-order valence-corrected chi connectivity index (χ3v) is 3.49. The van der Waals surface area contributed by atoms with Gasteiger partial charge in [-0.3, -0.25) is 9.59 Å². The molecule has 2 aromatic carbocycles. The maximum atomic E-state index is 12.2. The van der Waals surface area contributed by atoms with E-state index in [4.69, 9.17) is 16.3 Å². The highest BCUT2D eigenvalue weighted by molar-refractivity contribution is 6.31. The highest BCUT2D eigenvalue weighted by atomic mass is 35.5. The van der Waals surface area contributed by atoms with Gasteiger partial charge in [-0.1, -0.05) is 17.7 Å². The number of carbonyl (C=O) groups is 2. The van der Waals surface area contributed by atoms with Crippen molar-refractivity contribution < 1.29 is 14.3 Å². The number of hydrogen-bond donors (Lipinski definition) is 2. The molecule has 0 radical (unpaired) electrons. The van der Waals surface area contributed by atoms with Gasteiger partial charge in [0, 0.05) is 16.3 Å². The molecule has 1 aliphatic heterocycles. The number of hydrogen-bond acceptors (Lipinski definition) is 3. The maximum absolute atomic E-state index is 12.2. The molecule has 6 heteroatoms. The Morgan fingerprint density at radius 2 is 2.09 bits per heavy atom. The van der Waals surface area contributed by atoms with Crippen LogP contribution in [0.2, 0.25) is 5.02 Å². The summed E-state index contributed by atoms with van der Waals surface area (Å²) in [6.45, 7) is 1.67. The second-order valence-electron chi connectivity index (χ2n) is 4.92. The van der Waals surface area contributed by atoms with E-state index in [0.717, 1.165) is 0 Å². The van der Waals surface area contributed by atoms with Crippen molar-refractivity contribution in [3.63, 3.8) is 0 Å². The lowest BCUT2D eigenvalue weighted by atomic mass is 10.2. The summed E-state index contributed by atoms with van der Waals surface area (Å²) >= 11 is 5.87. The van der Waals surface area contributed by atoms with E-state index in [1.54, 1.807) is 49.4 Å². The van der Waals surface area contributed by atoms with Crippen LogP contribution >= 0.6 is 11.6 Å². The van der Waals surface area contributed by atoms with E-state index < -0.39 is 6.10 Å². The highest BCUT2D eigenvalue weighted by Crippen LogP contribution is 2.32. The van der Waals surface area contributed by atoms with E-state index >= 15 is 0 Å². The standard InChI is InChI=1S/C16H13ClN2O3/c1-9-15(20)19-13-8-12(5-6-14(13)22-9)18-16(21)10-3-2-4-11(17)7-10/h2-9H,1H3,(H,18,21)(H,19,20)/t9-/m1/s1. The average molecular weight is 317 g/mol. The SMILES string of the molecule is C[C@H]1Oc2ccc(NC(=O)c3cccc(Cl)c3)cc2NC1=O. The molecule has 2 amide bonds. The summed E-state index contributed by atoms with van der Waals surface area (Å²) < 4.78 is 5.46. The van der Waals surface area contributed by atoms with E-state index in [9.17, 15) is 9.59 Å². The number of ether oxygens (including phenoxy) is 1. The van der Waals surface area contributed by atoms with Crippen LogP contribution in [0.3, 0.4) is 0 Å². The van der Waals surface area contributed by atoms with Crippen LogP contribution in [0.15, 0.2) is 42.5 Å². The molecular weight excluding hydrogens is 304 g/mol. The van der Waals surface area contributed by atoms with Crippen LogP contribution in [0.25, 0.3) is 0 Å². The fraction of sp³-hybridized carbons (Fsp3) is 0.125. The summed E-state index contributed by atoms with van der Waals surface area (Å²) in [6, 6.07) is 11.7. The van der Waals surface area contributed by atoms with E-state index in [1.165, 1.54) is 0 Å². The van der Waals surface area contributed by atoms with Crippen LogP contribution in [0.1, 0.15) is 17.3 Å². The zero-order valence-electron chi connectivity index (χ0n) is 11.7. The molecule has 0 spiro atoms. The van der Waals surface area contributed by atoms with Gasteiger partial charge in [-0.2, -0.15) is 0 Å². The fourth-order valence-corrected chi connectivity index (χ4v) is 2.31. The highest BCUT2D eigenvalue weighted by Gasteiger charge is 2.23. The molecule has 0 saturated heterocycles. The van der Waals surface area contributed by atoms with Crippen molar-refractivity contribution in [1.82, 2.24) is 0 Å². The Hall–Kier alpha value is -2.53. The number of amides is 2. The second kappa shape index (κ2) is 5.69. The van der Waals surface area contributed by atoms with Gasteiger partial charge in [-0.05, 0) is 43.3 Å². The summed E-state index contributed by atoms with van der Waals surface area (Å²) in [5, 5.41) is 5.99. The first kappa shape index (κ1) is 14.4. The zero-order chi connectivity index (χ0) is 15.7. The quantitative estimate of drug-likeness (QED) is 0.893. The number of rotatable bonds is 2. The molecule has 1 aliphatic rings. The predicted molar refractivity (Wildman–Crippen MR) is 84.6 cm³/mol. The van der Waals surface area contributed by atoms with Crippen molar-refractivity contribution in [2.75, 3.05) is 10.6 Å². The van der Waals surface area contributed by atoms with Gasteiger partial charge in [-0.15, -0.1) is 0 Å². The van der Waals surface area contributed by atoms with E-state index in [0.29, 0.717) is 27.7 Å². The molecule has 3 rings (SSSR count). The van der Waals surface area contributed by atoms with Gasteiger partial charge >= 0.3 is 0 Å². The van der Waals surface area contributed by atoms with Crippen molar-refractivity contribution >= 4 is 34.8 Å². The number of benzene rings is 2. The fourth-order valence-electron chi connectivity index (χ4n) is 2.12. The molecular formula is C16H13ClN2O3. The number of carbonyl (C=O) groups excluding carboxylic acids is 2. The molecule has 0 bridgehead atoms. The Morgan fingerprint density at radius 1 is 1.27 bits per heavy atom. The van der Waals surface area contributed by atoms with Gasteiger partial charge in [0.05, 0.1) is 5.69 Å². The van der Waals surface area contributed by atoms with Crippen LogP contribution < -0.4 is 15.4 Å². The molecule has 2 aromatic rings. The second-order valence-corrected chi connectivity index (χ2v) is 5.36. The molecule has 0 saturated carbocycles. The van der Waals surface area contributed by atoms with Gasteiger partial charge in [-0.25, -0.2) is 0 Å². The molecule has 5 nitrogen and oxygen atoms in total. The average Bonchev–Trinajstić information content (AvgIpc) is 2.49. The van der Waals surface area contributed by atoms with Crippen molar-refractivity contribution in [1.29, 1.82) is 0 Å². The van der Waals surface area contributed by atoms with Crippen molar-refractivity contribution in [3.05, 3.63) is 53.1 Å². The van der Waals surface area contributed by atoms with E-state index in [-0.39, 0.29) is 11.8 Å². The molecule has 112 valence electrons. The van der Waals surface area contributed by atoms with Crippen LogP contribution in [0, 0.1) is 0 Å². The topological polar surface area (TPSA) is 67.4 Å². The monoisotopic (exact) mass is 316 g/mol. The lowest BCUT2D eigenvalue weighted by molar-refractivity contribution is -0.122. The summed E-state index contributed by atoms with van der Waals surface area (Å²) in [5.41, 5.74) is 1.55. The van der Waals surface area contributed by atoms with Crippen molar-refractivity contribution in [2.45, 2.75) is 13.0 Å².